The number of nitrogen functional groups attached to an aromatic ring is 1. The van der Waals surface area contributed by atoms with Gasteiger partial charge in [-0.1, -0.05) is 18.2 Å². The first-order chi connectivity index (χ1) is 8.74. The fourth-order valence-electron chi connectivity index (χ4n) is 2.00. The number of aryl methyl sites for hydroxylation is 1. The average molecular weight is 238 g/mol. The molecule has 0 spiro atoms. The Hall–Kier alpha value is -2.49. The Morgan fingerprint density at radius 3 is 2.72 bits per heavy atom. The van der Waals surface area contributed by atoms with Crippen LogP contribution in [0, 0.1) is 0 Å². The minimum absolute atomic E-state index is 0.735. The highest BCUT2D eigenvalue weighted by atomic mass is 15.2. The normalized spacial score (nSPS) is 10.7. The quantitative estimate of drug-likeness (QED) is 0.675. The summed E-state index contributed by atoms with van der Waals surface area (Å²) in [6.07, 6.45) is 0. The molecule has 18 heavy (non-hydrogen) atoms. The topological polar surface area (TPSA) is 55.9 Å². The van der Waals surface area contributed by atoms with Crippen LogP contribution in [0.2, 0.25) is 0 Å². The number of aromatic nitrogens is 2. The number of rotatable bonds is 2. The van der Waals surface area contributed by atoms with E-state index in [9.17, 15) is 0 Å². The van der Waals surface area contributed by atoms with Crippen molar-refractivity contribution in [3.05, 3.63) is 48.5 Å². The Morgan fingerprint density at radius 2 is 1.94 bits per heavy atom. The van der Waals surface area contributed by atoms with Crippen LogP contribution in [0.1, 0.15) is 0 Å². The molecule has 90 valence electrons. The van der Waals surface area contributed by atoms with E-state index in [0.29, 0.717) is 0 Å². The van der Waals surface area contributed by atoms with Gasteiger partial charge in [-0.25, -0.2) is 4.98 Å². The van der Waals surface area contributed by atoms with Crippen molar-refractivity contribution in [1.82, 2.24) is 9.55 Å². The summed E-state index contributed by atoms with van der Waals surface area (Å²) in [6, 6.07) is 15.7. The number of anilines is 3. The lowest BCUT2D eigenvalue weighted by molar-refractivity contribution is 0.958. The molecule has 4 nitrogen and oxygen atoms in total. The van der Waals surface area contributed by atoms with E-state index in [0.717, 1.165) is 28.4 Å². The Balaban J connectivity index is 2.02. The number of fused-ring (bicyclic) bond motifs is 1. The molecule has 0 bridgehead atoms. The number of para-hydroxylation sites is 2. The van der Waals surface area contributed by atoms with Crippen LogP contribution in [0.25, 0.3) is 11.0 Å². The van der Waals surface area contributed by atoms with Crippen molar-refractivity contribution in [2.45, 2.75) is 0 Å². The predicted molar refractivity (Wildman–Crippen MR) is 74.9 cm³/mol. The Kier molecular flexibility index (Phi) is 2.41. The summed E-state index contributed by atoms with van der Waals surface area (Å²) in [5, 5.41) is 3.27. The Morgan fingerprint density at radius 1 is 1.11 bits per heavy atom. The van der Waals surface area contributed by atoms with Crippen molar-refractivity contribution in [1.29, 1.82) is 0 Å². The second kappa shape index (κ2) is 4.07. The van der Waals surface area contributed by atoms with E-state index in [4.69, 9.17) is 5.73 Å². The maximum absolute atomic E-state index is 5.76. The third-order valence-corrected chi connectivity index (χ3v) is 2.93. The molecule has 0 fully saturated rings. The van der Waals surface area contributed by atoms with E-state index in [2.05, 4.69) is 10.3 Å². The van der Waals surface area contributed by atoms with Gasteiger partial charge in [0.1, 0.15) is 0 Å². The lowest BCUT2D eigenvalue weighted by atomic mass is 10.3. The second-order valence-corrected chi connectivity index (χ2v) is 4.23. The van der Waals surface area contributed by atoms with Crippen LogP contribution in [-0.4, -0.2) is 9.55 Å². The first-order valence-electron chi connectivity index (χ1n) is 5.78. The molecule has 1 heterocycles. The lowest BCUT2D eigenvalue weighted by Crippen LogP contribution is -1.99. The zero-order valence-corrected chi connectivity index (χ0v) is 10.1. The van der Waals surface area contributed by atoms with E-state index in [1.165, 1.54) is 0 Å². The summed E-state index contributed by atoms with van der Waals surface area (Å²) < 4.78 is 2.03. The highest BCUT2D eigenvalue weighted by Gasteiger charge is 2.06. The zero-order chi connectivity index (χ0) is 12.5. The summed E-state index contributed by atoms with van der Waals surface area (Å²) in [6.45, 7) is 0. The minimum Gasteiger partial charge on any atom is -0.399 e. The third-order valence-electron chi connectivity index (χ3n) is 2.93. The van der Waals surface area contributed by atoms with Crippen LogP contribution in [0.4, 0.5) is 17.3 Å². The van der Waals surface area contributed by atoms with Crippen LogP contribution in [-0.2, 0) is 7.05 Å². The Bertz CT molecular complexity index is 700. The summed E-state index contributed by atoms with van der Waals surface area (Å²) >= 11 is 0. The van der Waals surface area contributed by atoms with E-state index < -0.39 is 0 Å². The molecule has 0 radical (unpaired) electrons. The van der Waals surface area contributed by atoms with Gasteiger partial charge >= 0.3 is 0 Å². The molecule has 0 saturated carbocycles. The number of hydrogen-bond donors (Lipinski definition) is 2. The van der Waals surface area contributed by atoms with Gasteiger partial charge in [-0.2, -0.15) is 0 Å². The van der Waals surface area contributed by atoms with Gasteiger partial charge in [-0.05, 0) is 30.3 Å². The fraction of sp³-hybridized carbons (Fsp3) is 0.0714. The van der Waals surface area contributed by atoms with Gasteiger partial charge in [0, 0.05) is 18.4 Å². The highest BCUT2D eigenvalue weighted by Crippen LogP contribution is 2.22. The zero-order valence-electron chi connectivity index (χ0n) is 10.1. The van der Waals surface area contributed by atoms with Gasteiger partial charge in [0.2, 0.25) is 5.95 Å². The van der Waals surface area contributed by atoms with E-state index in [1.807, 2.05) is 60.1 Å². The summed E-state index contributed by atoms with van der Waals surface area (Å²) in [5.74, 6) is 0.807. The van der Waals surface area contributed by atoms with Gasteiger partial charge < -0.3 is 15.6 Å². The van der Waals surface area contributed by atoms with Crippen LogP contribution >= 0.6 is 0 Å². The molecule has 3 N–H and O–H groups in total. The monoisotopic (exact) mass is 238 g/mol. The number of nitrogens with two attached hydrogens (primary N) is 1. The van der Waals surface area contributed by atoms with Crippen LogP contribution in [0.3, 0.4) is 0 Å². The molecule has 0 unspecified atom stereocenters. The predicted octanol–water partition coefficient (Wildman–Crippen LogP) is 2.90. The fourth-order valence-corrected chi connectivity index (χ4v) is 2.00. The molecule has 0 aliphatic carbocycles. The van der Waals surface area contributed by atoms with Gasteiger partial charge in [0.05, 0.1) is 11.0 Å². The molecule has 3 rings (SSSR count). The SMILES string of the molecule is Cn1c(Nc2cccc(N)c2)nc2ccccc21. The van der Waals surface area contributed by atoms with Crippen molar-refractivity contribution in [2.24, 2.45) is 7.05 Å². The van der Waals surface area contributed by atoms with Crippen molar-refractivity contribution in [3.63, 3.8) is 0 Å². The smallest absolute Gasteiger partial charge is 0.208 e. The molecular formula is C14H14N4. The van der Waals surface area contributed by atoms with Crippen LogP contribution in [0.5, 0.6) is 0 Å². The maximum Gasteiger partial charge on any atom is 0.208 e. The standard InChI is InChI=1S/C14H14N4/c1-18-13-8-3-2-7-12(13)17-14(18)16-11-6-4-5-10(15)9-11/h2-9H,15H2,1H3,(H,16,17). The van der Waals surface area contributed by atoms with E-state index in [-0.39, 0.29) is 0 Å². The number of nitrogens with zero attached hydrogens (tertiary/aromatic N) is 2. The van der Waals surface area contributed by atoms with Crippen LogP contribution < -0.4 is 11.1 Å². The molecule has 3 aromatic rings. The van der Waals surface area contributed by atoms with Gasteiger partial charge in [0.15, 0.2) is 0 Å². The molecular weight excluding hydrogens is 224 g/mol. The summed E-state index contributed by atoms with van der Waals surface area (Å²) in [5.41, 5.74) is 9.51. The Labute approximate surface area is 105 Å². The number of nitrogens with one attached hydrogen (secondary N) is 1. The largest absolute Gasteiger partial charge is 0.399 e. The molecule has 4 heteroatoms. The van der Waals surface area contributed by atoms with Crippen molar-refractivity contribution >= 4 is 28.4 Å². The van der Waals surface area contributed by atoms with Crippen molar-refractivity contribution < 1.29 is 0 Å². The minimum atomic E-state index is 0.735. The van der Waals surface area contributed by atoms with Crippen LogP contribution in [0.15, 0.2) is 48.5 Å². The van der Waals surface area contributed by atoms with Gasteiger partial charge in [-0.15, -0.1) is 0 Å². The lowest BCUT2D eigenvalue weighted by Gasteiger charge is -2.06. The van der Waals surface area contributed by atoms with Crippen molar-refractivity contribution in [3.8, 4) is 0 Å². The summed E-state index contributed by atoms with van der Waals surface area (Å²) in [4.78, 5) is 4.55. The number of hydrogen-bond acceptors (Lipinski definition) is 3. The molecule has 0 saturated heterocycles. The molecule has 1 aromatic heterocycles. The number of benzene rings is 2. The molecule has 0 aliphatic rings. The van der Waals surface area contributed by atoms with Gasteiger partial charge in [0.25, 0.3) is 0 Å². The first-order valence-corrected chi connectivity index (χ1v) is 5.78. The molecule has 0 atom stereocenters. The van der Waals surface area contributed by atoms with E-state index >= 15 is 0 Å². The third kappa shape index (κ3) is 1.78. The number of imidazole rings is 1. The first kappa shape index (κ1) is 10.7. The summed E-state index contributed by atoms with van der Waals surface area (Å²) in [7, 11) is 1.99. The van der Waals surface area contributed by atoms with E-state index in [1.54, 1.807) is 0 Å². The second-order valence-electron chi connectivity index (χ2n) is 4.23. The van der Waals surface area contributed by atoms with Gasteiger partial charge in [-0.3, -0.25) is 0 Å². The molecule has 0 aliphatic heterocycles. The average Bonchev–Trinajstić information content (AvgIpc) is 2.67. The maximum atomic E-state index is 5.76. The molecule has 2 aromatic carbocycles. The highest BCUT2D eigenvalue weighted by molar-refractivity contribution is 5.79. The van der Waals surface area contributed by atoms with Crippen molar-refractivity contribution in [2.75, 3.05) is 11.1 Å². The molecule has 0 amide bonds.